The van der Waals surface area contributed by atoms with Crippen LogP contribution in [-0.4, -0.2) is 38.5 Å². The first-order chi connectivity index (χ1) is 14.9. The van der Waals surface area contributed by atoms with E-state index in [2.05, 4.69) is 15.5 Å². The Labute approximate surface area is 181 Å². The van der Waals surface area contributed by atoms with E-state index in [0.717, 1.165) is 33.2 Å². The van der Waals surface area contributed by atoms with E-state index in [1.54, 1.807) is 6.92 Å². The van der Waals surface area contributed by atoms with Crippen LogP contribution in [0, 0.1) is 13.8 Å². The van der Waals surface area contributed by atoms with E-state index in [-0.39, 0.29) is 5.91 Å². The van der Waals surface area contributed by atoms with Gasteiger partial charge in [0.05, 0.1) is 23.3 Å². The summed E-state index contributed by atoms with van der Waals surface area (Å²) in [7, 11) is 0. The number of hydrogen-bond acceptors (Lipinski definition) is 4. The Kier molecular flexibility index (Phi) is 5.42. The molecule has 0 unspecified atom stereocenters. The van der Waals surface area contributed by atoms with E-state index in [1.807, 2.05) is 79.2 Å². The quantitative estimate of drug-likeness (QED) is 0.492. The third kappa shape index (κ3) is 3.99. The van der Waals surface area contributed by atoms with Gasteiger partial charge in [-0.25, -0.2) is 9.48 Å². The zero-order valence-corrected chi connectivity index (χ0v) is 17.9. The third-order valence-corrected chi connectivity index (χ3v) is 5.65. The number of benzene rings is 2. The van der Waals surface area contributed by atoms with Crippen LogP contribution in [0.25, 0.3) is 5.69 Å². The molecule has 0 aliphatic carbocycles. The molecule has 0 bridgehead atoms. The van der Waals surface area contributed by atoms with Crippen molar-refractivity contribution in [3.63, 3.8) is 0 Å². The molecule has 158 valence electrons. The number of amides is 3. The molecule has 0 saturated carbocycles. The lowest BCUT2D eigenvalue weighted by atomic mass is 9.93. The van der Waals surface area contributed by atoms with Crippen molar-refractivity contribution in [3.8, 4) is 5.69 Å². The van der Waals surface area contributed by atoms with Crippen molar-refractivity contribution >= 4 is 18.2 Å². The van der Waals surface area contributed by atoms with Gasteiger partial charge in [0, 0.05) is 5.56 Å². The number of hydrazone groups is 1. The van der Waals surface area contributed by atoms with Crippen LogP contribution < -0.4 is 5.32 Å². The average molecular weight is 415 g/mol. The van der Waals surface area contributed by atoms with Crippen LogP contribution in [0.2, 0.25) is 0 Å². The van der Waals surface area contributed by atoms with Crippen molar-refractivity contribution in [2.45, 2.75) is 39.2 Å². The minimum atomic E-state index is -0.984. The SMILES string of the molecule is Cc1nn(-c2ccccc2)c(C)c1C=NN1C(=O)N[C@@](C)(CCc2ccccc2)C1=O. The monoisotopic (exact) mass is 415 g/mol. The second-order valence-corrected chi connectivity index (χ2v) is 7.94. The molecule has 0 spiro atoms. The fourth-order valence-corrected chi connectivity index (χ4v) is 3.76. The minimum Gasteiger partial charge on any atom is -0.322 e. The molecule has 1 N–H and O–H groups in total. The third-order valence-electron chi connectivity index (χ3n) is 5.65. The number of imide groups is 1. The first-order valence-electron chi connectivity index (χ1n) is 10.3. The van der Waals surface area contributed by atoms with Gasteiger partial charge in [-0.05, 0) is 51.3 Å². The lowest BCUT2D eigenvalue weighted by Gasteiger charge is -2.20. The largest absolute Gasteiger partial charge is 0.346 e. The first kappa shape index (κ1) is 20.5. The number of urea groups is 1. The fraction of sp³-hybridized carbons (Fsp3) is 0.250. The van der Waals surface area contributed by atoms with E-state index in [4.69, 9.17) is 0 Å². The maximum atomic E-state index is 13.0. The van der Waals surface area contributed by atoms with E-state index in [1.165, 1.54) is 6.21 Å². The highest BCUT2D eigenvalue weighted by molar-refractivity contribution is 6.07. The summed E-state index contributed by atoms with van der Waals surface area (Å²) in [5.41, 5.74) is 3.50. The van der Waals surface area contributed by atoms with Crippen LogP contribution in [0.1, 0.15) is 35.9 Å². The van der Waals surface area contributed by atoms with Gasteiger partial charge in [-0.15, -0.1) is 5.01 Å². The standard InChI is InChI=1S/C24H25N5O2/c1-17-21(18(2)28(27-17)20-12-8-5-9-13-20)16-25-29-22(30)24(3,26-23(29)31)15-14-19-10-6-4-7-11-19/h4-13,16H,14-15H2,1-3H3,(H,26,31)/t24-/m0/s1. The molecule has 1 aromatic heterocycles. The highest BCUT2D eigenvalue weighted by Gasteiger charge is 2.47. The number of nitrogens with one attached hydrogen (secondary N) is 1. The maximum Gasteiger partial charge on any atom is 0.346 e. The Morgan fingerprint density at radius 2 is 1.68 bits per heavy atom. The van der Waals surface area contributed by atoms with Crippen molar-refractivity contribution < 1.29 is 9.59 Å². The van der Waals surface area contributed by atoms with Crippen LogP contribution >= 0.6 is 0 Å². The molecule has 7 heteroatoms. The topological polar surface area (TPSA) is 79.6 Å². The molecular weight excluding hydrogens is 390 g/mol. The van der Waals surface area contributed by atoms with Gasteiger partial charge >= 0.3 is 6.03 Å². The van der Waals surface area contributed by atoms with Crippen LogP contribution in [-0.2, 0) is 11.2 Å². The maximum absolute atomic E-state index is 13.0. The highest BCUT2D eigenvalue weighted by Crippen LogP contribution is 2.24. The summed E-state index contributed by atoms with van der Waals surface area (Å²) < 4.78 is 1.83. The van der Waals surface area contributed by atoms with E-state index in [9.17, 15) is 9.59 Å². The van der Waals surface area contributed by atoms with Crippen LogP contribution in [0.3, 0.4) is 0 Å². The number of para-hydroxylation sites is 1. The van der Waals surface area contributed by atoms with Crippen molar-refractivity contribution in [2.75, 3.05) is 0 Å². The Morgan fingerprint density at radius 1 is 1.03 bits per heavy atom. The summed E-state index contributed by atoms with van der Waals surface area (Å²) in [4.78, 5) is 25.5. The Morgan fingerprint density at radius 3 is 2.35 bits per heavy atom. The smallest absolute Gasteiger partial charge is 0.322 e. The van der Waals surface area contributed by atoms with E-state index >= 15 is 0 Å². The van der Waals surface area contributed by atoms with Gasteiger partial charge in [-0.3, -0.25) is 4.79 Å². The predicted octanol–water partition coefficient (Wildman–Crippen LogP) is 3.77. The van der Waals surface area contributed by atoms with Gasteiger partial charge < -0.3 is 5.32 Å². The van der Waals surface area contributed by atoms with Crippen molar-refractivity contribution in [3.05, 3.63) is 83.2 Å². The molecule has 3 aromatic rings. The molecule has 31 heavy (non-hydrogen) atoms. The lowest BCUT2D eigenvalue weighted by Crippen LogP contribution is -2.44. The van der Waals surface area contributed by atoms with Crippen LogP contribution in [0.15, 0.2) is 65.8 Å². The fourth-order valence-electron chi connectivity index (χ4n) is 3.76. The van der Waals surface area contributed by atoms with E-state index < -0.39 is 11.6 Å². The molecule has 1 aliphatic rings. The Bertz CT molecular complexity index is 1140. The average Bonchev–Trinajstić information content (AvgIpc) is 3.18. The summed E-state index contributed by atoms with van der Waals surface area (Å²) in [5, 5.41) is 12.5. The molecule has 7 nitrogen and oxygen atoms in total. The molecule has 1 saturated heterocycles. The molecule has 4 rings (SSSR count). The van der Waals surface area contributed by atoms with Crippen LogP contribution in [0.4, 0.5) is 4.79 Å². The number of rotatable bonds is 6. The summed E-state index contributed by atoms with van der Waals surface area (Å²) in [6.45, 7) is 5.56. The predicted molar refractivity (Wildman–Crippen MR) is 119 cm³/mol. The molecule has 0 radical (unpaired) electrons. The molecule has 2 heterocycles. The molecule has 1 atom stereocenters. The molecule has 1 fully saturated rings. The van der Waals surface area contributed by atoms with Gasteiger partial charge in [0.1, 0.15) is 5.54 Å². The zero-order chi connectivity index (χ0) is 22.0. The minimum absolute atomic E-state index is 0.351. The van der Waals surface area contributed by atoms with Crippen molar-refractivity contribution in [2.24, 2.45) is 5.10 Å². The number of nitrogens with zero attached hydrogens (tertiary/aromatic N) is 4. The molecular formula is C24H25N5O2. The van der Waals surface area contributed by atoms with Gasteiger partial charge in [0.25, 0.3) is 5.91 Å². The second-order valence-electron chi connectivity index (χ2n) is 7.94. The molecule has 2 aromatic carbocycles. The number of hydrogen-bond donors (Lipinski definition) is 1. The van der Waals surface area contributed by atoms with Gasteiger partial charge in [0.2, 0.25) is 0 Å². The summed E-state index contributed by atoms with van der Waals surface area (Å²) in [5.74, 6) is -0.351. The summed E-state index contributed by atoms with van der Waals surface area (Å²) >= 11 is 0. The van der Waals surface area contributed by atoms with Gasteiger partial charge in [0.15, 0.2) is 0 Å². The van der Waals surface area contributed by atoms with Gasteiger partial charge in [-0.1, -0.05) is 48.5 Å². The first-order valence-corrected chi connectivity index (χ1v) is 10.3. The number of aromatic nitrogens is 2. The van der Waals surface area contributed by atoms with Gasteiger partial charge in [-0.2, -0.15) is 10.2 Å². The molecule has 1 aliphatic heterocycles. The van der Waals surface area contributed by atoms with Crippen molar-refractivity contribution in [1.29, 1.82) is 0 Å². The summed E-state index contributed by atoms with van der Waals surface area (Å²) in [6.07, 6.45) is 2.72. The van der Waals surface area contributed by atoms with E-state index in [0.29, 0.717) is 12.8 Å². The normalized spacial score (nSPS) is 18.7. The second kappa shape index (κ2) is 8.18. The zero-order valence-electron chi connectivity index (χ0n) is 17.9. The highest BCUT2D eigenvalue weighted by atomic mass is 16.2. The van der Waals surface area contributed by atoms with Crippen LogP contribution in [0.5, 0.6) is 0 Å². The summed E-state index contributed by atoms with van der Waals surface area (Å²) in [6, 6.07) is 19.2. The molecule has 3 amide bonds. The lowest BCUT2D eigenvalue weighted by molar-refractivity contribution is -0.130. The number of carbonyl (C=O) groups excluding carboxylic acids is 2. The Balaban J connectivity index is 1.52. The Hall–Kier alpha value is -3.74. The number of carbonyl (C=O) groups is 2. The van der Waals surface area contributed by atoms with Crippen molar-refractivity contribution in [1.82, 2.24) is 20.1 Å². The number of aryl methyl sites for hydroxylation is 2.